The van der Waals surface area contributed by atoms with Crippen molar-refractivity contribution in [2.75, 3.05) is 6.61 Å². The number of carbonyl (C=O) groups is 1. The molecule has 0 atom stereocenters. The Bertz CT molecular complexity index is 753. The molecule has 0 spiro atoms. The molecule has 0 unspecified atom stereocenters. The van der Waals surface area contributed by atoms with E-state index in [2.05, 4.69) is 13.8 Å². The fourth-order valence-electron chi connectivity index (χ4n) is 2.60. The molecule has 0 radical (unpaired) electrons. The summed E-state index contributed by atoms with van der Waals surface area (Å²) in [5.74, 6) is 2.43. The zero-order valence-corrected chi connectivity index (χ0v) is 15.1. The van der Waals surface area contributed by atoms with Crippen LogP contribution in [-0.4, -0.2) is 17.4 Å². The molecule has 0 aliphatic heterocycles. The molecular formula is C21H23NO4. The molecule has 5 nitrogen and oxygen atoms in total. The molecule has 0 fully saturated rings. The number of rotatable bonds is 8. The largest absolute Gasteiger partial charge is 0.484 e. The monoisotopic (exact) mass is 353 g/mol. The third kappa shape index (κ3) is 4.79. The zero-order chi connectivity index (χ0) is 18.4. The lowest BCUT2D eigenvalue weighted by atomic mass is 10.0. The maximum atomic E-state index is 12.7. The van der Waals surface area contributed by atoms with Gasteiger partial charge >= 0.3 is 0 Å². The molecule has 0 aliphatic rings. The lowest BCUT2D eigenvalue weighted by Crippen LogP contribution is -2.33. The van der Waals surface area contributed by atoms with Crippen molar-refractivity contribution in [1.29, 1.82) is 0 Å². The zero-order valence-electron chi connectivity index (χ0n) is 15.1. The molecule has 136 valence electrons. The molecule has 0 saturated heterocycles. The van der Waals surface area contributed by atoms with Crippen LogP contribution in [0.3, 0.4) is 0 Å². The molecule has 1 aromatic carbocycles. The molecule has 0 aliphatic carbocycles. The van der Waals surface area contributed by atoms with Gasteiger partial charge in [0.15, 0.2) is 6.61 Å². The highest BCUT2D eigenvalue weighted by atomic mass is 16.5. The fourth-order valence-corrected chi connectivity index (χ4v) is 2.60. The van der Waals surface area contributed by atoms with Crippen LogP contribution in [0.25, 0.3) is 0 Å². The smallest absolute Gasteiger partial charge is 0.261 e. The van der Waals surface area contributed by atoms with Crippen molar-refractivity contribution in [2.24, 2.45) is 0 Å². The summed E-state index contributed by atoms with van der Waals surface area (Å²) < 4.78 is 16.4. The molecular weight excluding hydrogens is 330 g/mol. The highest BCUT2D eigenvalue weighted by Gasteiger charge is 2.18. The van der Waals surface area contributed by atoms with Crippen LogP contribution in [0.2, 0.25) is 0 Å². The summed E-state index contributed by atoms with van der Waals surface area (Å²) in [7, 11) is 0. The summed E-state index contributed by atoms with van der Waals surface area (Å²) in [6.45, 7) is 4.97. The van der Waals surface area contributed by atoms with Crippen molar-refractivity contribution in [2.45, 2.75) is 32.9 Å². The first-order valence-electron chi connectivity index (χ1n) is 8.67. The van der Waals surface area contributed by atoms with E-state index in [4.69, 9.17) is 13.6 Å². The molecule has 0 saturated carbocycles. The van der Waals surface area contributed by atoms with E-state index in [1.54, 1.807) is 29.6 Å². The third-order valence-electron chi connectivity index (χ3n) is 4.12. The van der Waals surface area contributed by atoms with Crippen LogP contribution in [0.15, 0.2) is 69.9 Å². The lowest BCUT2D eigenvalue weighted by molar-refractivity contribution is -0.135. The first kappa shape index (κ1) is 17.9. The van der Waals surface area contributed by atoms with Crippen molar-refractivity contribution in [3.05, 3.63) is 78.1 Å². The van der Waals surface area contributed by atoms with E-state index < -0.39 is 0 Å². The second-order valence-electron chi connectivity index (χ2n) is 6.42. The second kappa shape index (κ2) is 8.43. The number of hydrogen-bond donors (Lipinski definition) is 0. The summed E-state index contributed by atoms with van der Waals surface area (Å²) in [6, 6.07) is 15.1. The predicted molar refractivity (Wildman–Crippen MR) is 97.7 cm³/mol. The van der Waals surface area contributed by atoms with E-state index in [-0.39, 0.29) is 12.5 Å². The Kier molecular flexibility index (Phi) is 5.79. The van der Waals surface area contributed by atoms with Gasteiger partial charge in [0.1, 0.15) is 17.3 Å². The average molecular weight is 353 g/mol. The molecule has 0 bridgehead atoms. The van der Waals surface area contributed by atoms with Crippen LogP contribution in [0.4, 0.5) is 0 Å². The number of ether oxygens (including phenoxy) is 1. The van der Waals surface area contributed by atoms with Gasteiger partial charge in [-0.2, -0.15) is 0 Å². The molecule has 3 rings (SSSR count). The van der Waals surface area contributed by atoms with E-state index in [9.17, 15) is 4.79 Å². The van der Waals surface area contributed by atoms with Gasteiger partial charge in [0.25, 0.3) is 5.91 Å². The van der Waals surface area contributed by atoms with Crippen LogP contribution in [0, 0.1) is 0 Å². The summed E-state index contributed by atoms with van der Waals surface area (Å²) >= 11 is 0. The van der Waals surface area contributed by atoms with Gasteiger partial charge in [0, 0.05) is 0 Å². The van der Waals surface area contributed by atoms with E-state index in [0.717, 1.165) is 0 Å². The van der Waals surface area contributed by atoms with E-state index in [0.29, 0.717) is 36.3 Å². The minimum Gasteiger partial charge on any atom is -0.484 e. The van der Waals surface area contributed by atoms with Crippen LogP contribution in [-0.2, 0) is 17.9 Å². The van der Waals surface area contributed by atoms with E-state index in [1.807, 2.05) is 36.4 Å². The quantitative estimate of drug-likeness (QED) is 0.594. The number of hydrogen-bond acceptors (Lipinski definition) is 4. The first-order valence-corrected chi connectivity index (χ1v) is 8.67. The van der Waals surface area contributed by atoms with E-state index in [1.165, 1.54) is 5.56 Å². The minimum atomic E-state index is -0.134. The lowest BCUT2D eigenvalue weighted by Gasteiger charge is -2.21. The van der Waals surface area contributed by atoms with Gasteiger partial charge < -0.3 is 18.5 Å². The van der Waals surface area contributed by atoms with Gasteiger partial charge in [-0.25, -0.2) is 0 Å². The highest BCUT2D eigenvalue weighted by Crippen LogP contribution is 2.19. The van der Waals surface area contributed by atoms with Crippen LogP contribution in [0.1, 0.15) is 36.8 Å². The summed E-state index contributed by atoms with van der Waals surface area (Å²) in [6.07, 6.45) is 3.19. The Morgan fingerprint density at radius 3 is 2.00 bits per heavy atom. The molecule has 2 heterocycles. The summed E-state index contributed by atoms with van der Waals surface area (Å²) in [5, 5.41) is 0. The molecule has 2 aromatic heterocycles. The Labute approximate surface area is 153 Å². The minimum absolute atomic E-state index is 0.0392. The number of benzene rings is 1. The molecule has 0 N–H and O–H groups in total. The molecule has 26 heavy (non-hydrogen) atoms. The maximum absolute atomic E-state index is 12.7. The standard InChI is InChI=1S/C21H23NO4/c1-16(2)17-7-9-18(10-8-17)26-15-21(23)22(13-19-5-3-11-24-19)14-20-6-4-12-25-20/h3-12,16H,13-15H2,1-2H3. The number of amides is 1. The Balaban J connectivity index is 1.62. The van der Waals surface area contributed by atoms with Crippen LogP contribution >= 0.6 is 0 Å². The second-order valence-corrected chi connectivity index (χ2v) is 6.42. The van der Waals surface area contributed by atoms with Gasteiger partial charge in [0.05, 0.1) is 25.6 Å². The van der Waals surface area contributed by atoms with Crippen molar-refractivity contribution < 1.29 is 18.4 Å². The molecule has 5 heteroatoms. The SMILES string of the molecule is CC(C)c1ccc(OCC(=O)N(Cc2ccco2)Cc2ccco2)cc1. The third-order valence-corrected chi connectivity index (χ3v) is 4.12. The highest BCUT2D eigenvalue weighted by molar-refractivity contribution is 5.77. The Morgan fingerprint density at radius 2 is 1.54 bits per heavy atom. The van der Waals surface area contributed by atoms with Gasteiger partial charge in [-0.1, -0.05) is 26.0 Å². The van der Waals surface area contributed by atoms with Crippen molar-refractivity contribution in [1.82, 2.24) is 4.90 Å². The number of nitrogens with zero attached hydrogens (tertiary/aromatic N) is 1. The van der Waals surface area contributed by atoms with Crippen molar-refractivity contribution >= 4 is 5.91 Å². The predicted octanol–water partition coefficient (Wildman–Crippen LogP) is 4.60. The maximum Gasteiger partial charge on any atom is 0.261 e. The van der Waals surface area contributed by atoms with Crippen molar-refractivity contribution in [3.8, 4) is 5.75 Å². The fraction of sp³-hybridized carbons (Fsp3) is 0.286. The van der Waals surface area contributed by atoms with Crippen LogP contribution < -0.4 is 4.74 Å². The number of carbonyl (C=O) groups excluding carboxylic acids is 1. The average Bonchev–Trinajstić information content (AvgIpc) is 3.33. The van der Waals surface area contributed by atoms with Gasteiger partial charge in [-0.15, -0.1) is 0 Å². The van der Waals surface area contributed by atoms with Gasteiger partial charge in [-0.3, -0.25) is 4.79 Å². The summed E-state index contributed by atoms with van der Waals surface area (Å²) in [4.78, 5) is 14.3. The normalized spacial score (nSPS) is 10.9. The first-order chi connectivity index (χ1) is 12.6. The number of furan rings is 2. The van der Waals surface area contributed by atoms with Crippen molar-refractivity contribution in [3.63, 3.8) is 0 Å². The van der Waals surface area contributed by atoms with Gasteiger partial charge in [-0.05, 0) is 47.9 Å². The van der Waals surface area contributed by atoms with Gasteiger partial charge in [0.2, 0.25) is 0 Å². The Hall–Kier alpha value is -2.95. The topological polar surface area (TPSA) is 55.8 Å². The summed E-state index contributed by atoms with van der Waals surface area (Å²) in [5.41, 5.74) is 1.24. The van der Waals surface area contributed by atoms with Crippen LogP contribution in [0.5, 0.6) is 5.75 Å². The Morgan fingerprint density at radius 1 is 0.962 bits per heavy atom. The van der Waals surface area contributed by atoms with E-state index >= 15 is 0 Å². The molecule has 1 amide bonds. The molecule has 3 aromatic rings.